The summed E-state index contributed by atoms with van der Waals surface area (Å²) in [6, 6.07) is 3.84. The minimum absolute atomic E-state index is 0.0868. The number of methoxy groups -OCH3 is 1. The van der Waals surface area contributed by atoms with Crippen molar-refractivity contribution >= 4 is 11.7 Å². The lowest BCUT2D eigenvalue weighted by Crippen LogP contribution is -2.42. The van der Waals surface area contributed by atoms with E-state index in [9.17, 15) is 4.79 Å². The smallest absolute Gasteiger partial charge is 0.219 e. The normalized spacial score (nSPS) is 19.7. The molecule has 2 aromatic rings. The Morgan fingerprint density at radius 2 is 2.04 bits per heavy atom. The van der Waals surface area contributed by atoms with Gasteiger partial charge >= 0.3 is 0 Å². The number of hydrogen-bond acceptors (Lipinski definition) is 6. The van der Waals surface area contributed by atoms with Crippen molar-refractivity contribution in [1.82, 2.24) is 19.9 Å². The first-order valence-electron chi connectivity index (χ1n) is 9.49. The summed E-state index contributed by atoms with van der Waals surface area (Å²) in [4.78, 5) is 29.9. The summed E-state index contributed by atoms with van der Waals surface area (Å²) in [5.41, 5.74) is 3.06. The molecule has 142 valence electrons. The Morgan fingerprint density at radius 1 is 1.22 bits per heavy atom. The number of rotatable bonds is 3. The van der Waals surface area contributed by atoms with E-state index in [2.05, 4.69) is 9.88 Å². The Balaban J connectivity index is 1.77. The van der Waals surface area contributed by atoms with Gasteiger partial charge in [0.05, 0.1) is 18.3 Å². The second kappa shape index (κ2) is 7.60. The van der Waals surface area contributed by atoms with E-state index >= 15 is 0 Å². The van der Waals surface area contributed by atoms with Gasteiger partial charge in [0.15, 0.2) is 5.82 Å². The lowest BCUT2D eigenvalue weighted by atomic mass is 10.0. The monoisotopic (exact) mass is 367 g/mol. The third kappa shape index (κ3) is 3.64. The zero-order chi connectivity index (χ0) is 18.8. The maximum absolute atomic E-state index is 11.9. The van der Waals surface area contributed by atoms with Crippen LogP contribution in [0.2, 0.25) is 0 Å². The highest BCUT2D eigenvalue weighted by Crippen LogP contribution is 2.31. The van der Waals surface area contributed by atoms with Gasteiger partial charge in [-0.25, -0.2) is 9.97 Å². The van der Waals surface area contributed by atoms with Crippen molar-refractivity contribution in [1.29, 1.82) is 0 Å². The Hall–Kier alpha value is -2.54. The first-order chi connectivity index (χ1) is 13.2. The summed E-state index contributed by atoms with van der Waals surface area (Å²) in [6.45, 7) is 4.68. The molecule has 0 radical (unpaired) electrons. The van der Waals surface area contributed by atoms with Gasteiger partial charge < -0.3 is 14.5 Å². The number of nitrogens with zero attached hydrogens (tertiary/aromatic N) is 5. The van der Waals surface area contributed by atoms with Gasteiger partial charge in [-0.1, -0.05) is 0 Å². The average Bonchev–Trinajstić information content (AvgIpc) is 2.73. The molecule has 2 aliphatic heterocycles. The summed E-state index contributed by atoms with van der Waals surface area (Å²) < 4.78 is 5.60. The molecule has 0 unspecified atom stereocenters. The number of pyridine rings is 1. The number of ether oxygens (including phenoxy) is 1. The lowest BCUT2D eigenvalue weighted by Gasteiger charge is -2.36. The van der Waals surface area contributed by atoms with Crippen LogP contribution in [0.1, 0.15) is 31.0 Å². The SMILES string of the molecule is CO[C@@H]1CCCN(c2nc(-c3ccncc3)nc3c2CCN(C(C)=O)C3)C1. The Labute approximate surface area is 159 Å². The lowest BCUT2D eigenvalue weighted by molar-refractivity contribution is -0.129. The summed E-state index contributed by atoms with van der Waals surface area (Å²) in [5.74, 6) is 1.77. The van der Waals surface area contributed by atoms with E-state index < -0.39 is 0 Å². The van der Waals surface area contributed by atoms with Gasteiger partial charge in [0.2, 0.25) is 5.91 Å². The molecule has 7 nitrogen and oxygen atoms in total. The van der Waals surface area contributed by atoms with Crippen LogP contribution in [0.15, 0.2) is 24.5 Å². The molecule has 0 aromatic carbocycles. The molecule has 27 heavy (non-hydrogen) atoms. The maximum atomic E-state index is 11.9. The molecular formula is C20H25N5O2. The first kappa shape index (κ1) is 17.9. The van der Waals surface area contributed by atoms with Gasteiger partial charge in [-0.2, -0.15) is 0 Å². The number of fused-ring (bicyclic) bond motifs is 1. The summed E-state index contributed by atoms with van der Waals surface area (Å²) in [7, 11) is 1.77. The number of piperidine rings is 1. The Kier molecular flexibility index (Phi) is 5.03. The summed E-state index contributed by atoms with van der Waals surface area (Å²) >= 11 is 0. The highest BCUT2D eigenvalue weighted by molar-refractivity contribution is 5.74. The number of aromatic nitrogens is 3. The maximum Gasteiger partial charge on any atom is 0.219 e. The van der Waals surface area contributed by atoms with E-state index in [4.69, 9.17) is 14.7 Å². The number of carbonyl (C=O) groups excluding carboxylic acids is 1. The van der Waals surface area contributed by atoms with Crippen LogP contribution in [0.4, 0.5) is 5.82 Å². The van der Waals surface area contributed by atoms with E-state index in [0.717, 1.165) is 56.0 Å². The summed E-state index contributed by atoms with van der Waals surface area (Å²) in [5, 5.41) is 0. The molecule has 2 aliphatic rings. The summed E-state index contributed by atoms with van der Waals surface area (Å²) in [6.07, 6.45) is 6.68. The zero-order valence-corrected chi connectivity index (χ0v) is 15.9. The standard InChI is InChI=1S/C20H25N5O2/c1-14(26)24-11-7-17-18(13-24)22-19(15-5-8-21-9-6-15)23-20(17)25-10-3-4-16(12-25)27-2/h5-6,8-9,16H,3-4,7,10-13H2,1-2H3/t16-/m1/s1. The largest absolute Gasteiger partial charge is 0.380 e. The van der Waals surface area contributed by atoms with Crippen LogP contribution in [-0.2, 0) is 22.5 Å². The predicted octanol–water partition coefficient (Wildman–Crippen LogP) is 2.06. The molecular weight excluding hydrogens is 342 g/mol. The average molecular weight is 367 g/mol. The van der Waals surface area contributed by atoms with Crippen molar-refractivity contribution in [2.75, 3.05) is 31.6 Å². The van der Waals surface area contributed by atoms with E-state index in [1.807, 2.05) is 17.0 Å². The van der Waals surface area contributed by atoms with Crippen molar-refractivity contribution in [2.45, 2.75) is 38.8 Å². The topological polar surface area (TPSA) is 71.5 Å². The van der Waals surface area contributed by atoms with Crippen molar-refractivity contribution in [3.63, 3.8) is 0 Å². The van der Waals surface area contributed by atoms with Crippen molar-refractivity contribution in [3.05, 3.63) is 35.8 Å². The van der Waals surface area contributed by atoms with Crippen LogP contribution in [0.5, 0.6) is 0 Å². The molecule has 1 atom stereocenters. The van der Waals surface area contributed by atoms with Crippen molar-refractivity contribution in [3.8, 4) is 11.4 Å². The fraction of sp³-hybridized carbons (Fsp3) is 0.500. The van der Waals surface area contributed by atoms with Gasteiger partial charge in [0.25, 0.3) is 0 Å². The molecule has 0 saturated carbocycles. The molecule has 4 rings (SSSR count). The third-order valence-electron chi connectivity index (χ3n) is 5.44. The van der Waals surface area contributed by atoms with Crippen LogP contribution in [0.3, 0.4) is 0 Å². The first-order valence-corrected chi connectivity index (χ1v) is 9.49. The van der Waals surface area contributed by atoms with Gasteiger partial charge in [-0.3, -0.25) is 9.78 Å². The molecule has 0 N–H and O–H groups in total. The Bertz CT molecular complexity index is 827. The fourth-order valence-electron chi connectivity index (χ4n) is 3.89. The van der Waals surface area contributed by atoms with Crippen LogP contribution in [0, 0.1) is 0 Å². The van der Waals surface area contributed by atoms with Crippen LogP contribution < -0.4 is 4.90 Å². The quantitative estimate of drug-likeness (QED) is 0.827. The molecule has 0 aliphatic carbocycles. The van der Waals surface area contributed by atoms with Gasteiger partial charge in [-0.15, -0.1) is 0 Å². The number of hydrogen-bond donors (Lipinski definition) is 0. The van der Waals surface area contributed by atoms with Gasteiger partial charge in [0.1, 0.15) is 5.82 Å². The fourth-order valence-corrected chi connectivity index (χ4v) is 3.89. The second-order valence-corrected chi connectivity index (χ2v) is 7.17. The van der Waals surface area contributed by atoms with E-state index in [1.54, 1.807) is 26.4 Å². The minimum Gasteiger partial charge on any atom is -0.380 e. The zero-order valence-electron chi connectivity index (χ0n) is 15.9. The predicted molar refractivity (Wildman–Crippen MR) is 102 cm³/mol. The molecule has 0 spiro atoms. The number of carbonyl (C=O) groups is 1. The van der Waals surface area contributed by atoms with Crippen LogP contribution in [-0.4, -0.2) is 58.6 Å². The van der Waals surface area contributed by atoms with E-state index in [-0.39, 0.29) is 12.0 Å². The number of anilines is 1. The number of amides is 1. The van der Waals surface area contributed by atoms with Gasteiger partial charge in [0, 0.05) is 57.2 Å². The minimum atomic E-state index is 0.0868. The van der Waals surface area contributed by atoms with Crippen molar-refractivity contribution < 1.29 is 9.53 Å². The van der Waals surface area contributed by atoms with E-state index in [0.29, 0.717) is 12.4 Å². The van der Waals surface area contributed by atoms with Crippen LogP contribution in [0.25, 0.3) is 11.4 Å². The van der Waals surface area contributed by atoms with Crippen molar-refractivity contribution in [2.24, 2.45) is 0 Å². The highest BCUT2D eigenvalue weighted by atomic mass is 16.5. The highest BCUT2D eigenvalue weighted by Gasteiger charge is 2.29. The molecule has 2 aromatic heterocycles. The molecule has 0 bridgehead atoms. The molecule has 1 amide bonds. The van der Waals surface area contributed by atoms with Gasteiger partial charge in [-0.05, 0) is 31.4 Å². The molecule has 7 heteroatoms. The molecule has 1 saturated heterocycles. The molecule has 4 heterocycles. The molecule has 1 fully saturated rings. The van der Waals surface area contributed by atoms with E-state index in [1.165, 1.54) is 5.56 Å². The third-order valence-corrected chi connectivity index (χ3v) is 5.44. The van der Waals surface area contributed by atoms with Crippen LogP contribution >= 0.6 is 0 Å². The Morgan fingerprint density at radius 3 is 2.78 bits per heavy atom. The second-order valence-electron chi connectivity index (χ2n) is 7.17.